The number of ether oxygens (including phenoxy) is 1. The largest absolute Gasteiger partial charge is 0.481 e. The number of esters is 1. The van der Waals surface area contributed by atoms with Gasteiger partial charge in [0, 0.05) is 34.7 Å². The van der Waals surface area contributed by atoms with Crippen LogP contribution >= 0.6 is 27.3 Å². The first-order chi connectivity index (χ1) is 16.8. The normalized spacial score (nSPS) is 21.8. The predicted molar refractivity (Wildman–Crippen MR) is 133 cm³/mol. The number of hydrogen-bond donors (Lipinski definition) is 0. The zero-order valence-corrected chi connectivity index (χ0v) is 21.9. The summed E-state index contributed by atoms with van der Waals surface area (Å²) in [6.07, 6.45) is 3.24. The lowest BCUT2D eigenvalue weighted by Gasteiger charge is -2.31. The number of halogens is 2. The molecule has 2 aromatic rings. The molecule has 0 amide bonds. The average Bonchev–Trinajstić information content (AvgIpc) is 3.38. The number of benzene rings is 1. The summed E-state index contributed by atoms with van der Waals surface area (Å²) in [6, 6.07) is 6.28. The van der Waals surface area contributed by atoms with Crippen LogP contribution in [0.15, 0.2) is 50.5 Å². The first-order valence-electron chi connectivity index (χ1n) is 11.1. The molecule has 1 unspecified atom stereocenters. The molecule has 3 aliphatic rings. The van der Waals surface area contributed by atoms with Gasteiger partial charge in [-0.05, 0) is 37.5 Å². The van der Waals surface area contributed by atoms with Crippen LogP contribution in [0.1, 0.15) is 42.8 Å². The van der Waals surface area contributed by atoms with Gasteiger partial charge in [0.05, 0.1) is 16.4 Å². The van der Waals surface area contributed by atoms with E-state index in [0.29, 0.717) is 58.0 Å². The van der Waals surface area contributed by atoms with Crippen molar-refractivity contribution in [3.05, 3.63) is 66.2 Å². The summed E-state index contributed by atoms with van der Waals surface area (Å²) in [7, 11) is -3.56. The molecule has 0 bridgehead atoms. The fourth-order valence-corrected chi connectivity index (χ4v) is 6.57. The fourth-order valence-electron chi connectivity index (χ4n) is 4.19. The molecule has 2 fully saturated rings. The van der Waals surface area contributed by atoms with Crippen LogP contribution in [0.3, 0.4) is 0 Å². The van der Waals surface area contributed by atoms with Crippen molar-refractivity contribution in [2.45, 2.75) is 37.5 Å². The van der Waals surface area contributed by atoms with E-state index in [-0.39, 0.29) is 12.5 Å². The van der Waals surface area contributed by atoms with Gasteiger partial charge in [-0.2, -0.15) is 0 Å². The van der Waals surface area contributed by atoms with Crippen molar-refractivity contribution < 1.29 is 22.3 Å². The minimum atomic E-state index is -3.56. The van der Waals surface area contributed by atoms with Crippen LogP contribution in [-0.2, 0) is 19.6 Å². The van der Waals surface area contributed by atoms with Crippen molar-refractivity contribution in [1.82, 2.24) is 9.88 Å². The molecule has 35 heavy (non-hydrogen) atoms. The zero-order valence-electron chi connectivity index (χ0n) is 18.6. The maximum absolute atomic E-state index is 13.8. The zero-order chi connectivity index (χ0) is 24.7. The van der Waals surface area contributed by atoms with Crippen LogP contribution in [0.25, 0.3) is 4.25 Å². The quantitative estimate of drug-likeness (QED) is 0.484. The number of aliphatic imine (C=N–C) groups is 1. The average molecular weight is 580 g/mol. The molecular weight excluding hydrogens is 559 g/mol. The topological polar surface area (TPSA) is 93.3 Å². The second-order valence-corrected chi connectivity index (χ2v) is 12.0. The van der Waals surface area contributed by atoms with Gasteiger partial charge in [-0.15, -0.1) is 19.8 Å². The Hall–Kier alpha value is -2.62. The van der Waals surface area contributed by atoms with Crippen LogP contribution < -0.4 is 0 Å². The maximum Gasteiger partial charge on any atom is 0.481 e. The number of fused-ring (bicyclic) bond motifs is 1. The number of carbonyl (C=O) groups excluding carboxylic acids is 1. The Morgan fingerprint density at radius 1 is 1.40 bits per heavy atom. The highest BCUT2D eigenvalue weighted by molar-refractivity contribution is 9.10. The third-order valence-electron chi connectivity index (χ3n) is 5.94. The first-order valence-corrected chi connectivity index (χ1v) is 14.3. The van der Waals surface area contributed by atoms with E-state index in [0.717, 1.165) is 0 Å². The van der Waals surface area contributed by atoms with E-state index in [1.54, 1.807) is 19.2 Å². The lowest BCUT2D eigenvalue weighted by Crippen LogP contribution is -2.35. The molecule has 0 spiro atoms. The molecule has 12 heteroatoms. The molecule has 1 saturated carbocycles. The van der Waals surface area contributed by atoms with E-state index >= 15 is 0 Å². The summed E-state index contributed by atoms with van der Waals surface area (Å²) in [4.78, 5) is 24.4. The van der Waals surface area contributed by atoms with E-state index in [1.807, 2.05) is 10.3 Å². The number of nitrogens with zero attached hydrogens (tertiary/aromatic N) is 4. The van der Waals surface area contributed by atoms with E-state index in [1.165, 1.54) is 23.5 Å². The summed E-state index contributed by atoms with van der Waals surface area (Å²) in [5.41, 5.74) is 1.59. The van der Waals surface area contributed by atoms with Gasteiger partial charge in [-0.25, -0.2) is 14.2 Å². The first kappa shape index (κ1) is 24.1. The van der Waals surface area contributed by atoms with Gasteiger partial charge in [-0.1, -0.05) is 22.0 Å². The Balaban J connectivity index is 1.63. The number of sulfonamides is 1. The lowest BCUT2D eigenvalue weighted by molar-refractivity contribution is -0.139. The van der Waals surface area contributed by atoms with Crippen molar-refractivity contribution in [1.29, 1.82) is 0 Å². The molecule has 3 heterocycles. The highest BCUT2D eigenvalue weighted by Gasteiger charge is 2.46. The summed E-state index contributed by atoms with van der Waals surface area (Å²) in [5.74, 6) is -0.767. The second-order valence-electron chi connectivity index (χ2n) is 8.39. The van der Waals surface area contributed by atoms with Crippen molar-refractivity contribution in [3.8, 4) is 6.07 Å². The molecule has 2 atom stereocenters. The van der Waals surface area contributed by atoms with Crippen LogP contribution in [0.2, 0.25) is 0 Å². The second kappa shape index (κ2) is 9.44. The Bertz CT molecular complexity index is 1410. The molecule has 1 saturated heterocycles. The summed E-state index contributed by atoms with van der Waals surface area (Å²) in [6.45, 7) is 2.24. The number of aromatic nitrogens is 1. The maximum atomic E-state index is 13.8. The van der Waals surface area contributed by atoms with Gasteiger partial charge in [-0.3, -0.25) is 4.99 Å². The molecule has 1 aromatic carbocycles. The standard InChI is InChI=1S/C23H21BrFN4O4S2/c1-2-33-23(30)19-18-9-13(11-27-35(31,32)15-4-5-15)12-29(18)21(22-26-7-8-34-22)28-20(19)16-6-3-14(25)10-17(16)24/h3,6-8,10,13,15,20H,2,4-5,9,12H2,1H3/q+1/t13?,20-/m0/s1. The van der Waals surface area contributed by atoms with Gasteiger partial charge in [0.25, 0.3) is 0 Å². The van der Waals surface area contributed by atoms with Gasteiger partial charge in [0.1, 0.15) is 23.0 Å². The number of hydrogen-bond acceptors (Lipinski definition) is 8. The molecule has 0 radical (unpaired) electrons. The van der Waals surface area contributed by atoms with Crippen molar-refractivity contribution in [2.24, 2.45) is 10.9 Å². The van der Waals surface area contributed by atoms with Crippen LogP contribution in [0.4, 0.5) is 4.39 Å². The molecule has 1 aliphatic carbocycles. The third-order valence-corrected chi connectivity index (χ3v) is 9.07. The molecule has 2 aliphatic heterocycles. The molecule has 0 N–H and O–H groups in total. The van der Waals surface area contributed by atoms with Gasteiger partial charge < -0.3 is 9.64 Å². The number of amidine groups is 1. The van der Waals surface area contributed by atoms with Crippen molar-refractivity contribution in [2.75, 3.05) is 13.2 Å². The van der Waals surface area contributed by atoms with E-state index < -0.39 is 33.1 Å². The Morgan fingerprint density at radius 3 is 2.86 bits per heavy atom. The minimum Gasteiger partial charge on any atom is -0.463 e. The highest BCUT2D eigenvalue weighted by Crippen LogP contribution is 2.44. The number of thiazole rings is 1. The molecular formula is C23H21BrFN4O4S2+. The van der Waals surface area contributed by atoms with Gasteiger partial charge in [0.15, 0.2) is 10.8 Å². The van der Waals surface area contributed by atoms with Gasteiger partial charge in [0.2, 0.25) is 0 Å². The minimum absolute atomic E-state index is 0.173. The summed E-state index contributed by atoms with van der Waals surface area (Å²) >= 11 is 4.81. The lowest BCUT2D eigenvalue weighted by atomic mass is 9.94. The Labute approximate surface area is 214 Å². The SMILES string of the molecule is CCOC(=O)C1=C2CC(C#[N+]S(=O)(=O)C3CC3)CN2C(c2nccs2)=N[C@H]1c1ccc(F)cc1Br. The van der Waals surface area contributed by atoms with Gasteiger partial charge >= 0.3 is 22.1 Å². The van der Waals surface area contributed by atoms with Crippen LogP contribution in [0, 0.1) is 17.8 Å². The third kappa shape index (κ3) is 4.77. The van der Waals surface area contributed by atoms with Crippen LogP contribution in [0.5, 0.6) is 0 Å². The summed E-state index contributed by atoms with van der Waals surface area (Å²) < 4.78 is 48.1. The van der Waals surface area contributed by atoms with Crippen LogP contribution in [-0.4, -0.2) is 48.5 Å². The highest BCUT2D eigenvalue weighted by atomic mass is 79.9. The van der Waals surface area contributed by atoms with Crippen molar-refractivity contribution in [3.63, 3.8) is 0 Å². The number of carbonyl (C=O) groups is 1. The molecule has 8 nitrogen and oxygen atoms in total. The molecule has 182 valence electrons. The fraction of sp³-hybridized carbons (Fsp3) is 0.391. The number of allylic oxidation sites excluding steroid dienone is 1. The summed E-state index contributed by atoms with van der Waals surface area (Å²) in [5, 5.41) is 2.06. The van der Waals surface area contributed by atoms with E-state index in [9.17, 15) is 17.6 Å². The number of rotatable bonds is 5. The van der Waals surface area contributed by atoms with E-state index in [4.69, 9.17) is 9.73 Å². The molecule has 1 aromatic heterocycles. The Morgan fingerprint density at radius 2 is 2.20 bits per heavy atom. The smallest absolute Gasteiger partial charge is 0.463 e. The molecule has 5 rings (SSSR count). The Kier molecular flexibility index (Phi) is 6.50. The predicted octanol–water partition coefficient (Wildman–Crippen LogP) is 4.51. The van der Waals surface area contributed by atoms with Crippen molar-refractivity contribution >= 4 is 49.1 Å². The monoisotopic (exact) mass is 579 g/mol. The van der Waals surface area contributed by atoms with E-state index in [2.05, 4.69) is 31.2 Å².